The fraction of sp³-hybridized carbons (Fsp3) is 0.538. The average molecular weight is 223 g/mol. The third-order valence-corrected chi connectivity index (χ3v) is 2.62. The van der Waals surface area contributed by atoms with Crippen LogP contribution in [-0.4, -0.2) is 27.4 Å². The molecule has 0 aromatic heterocycles. The highest BCUT2D eigenvalue weighted by Crippen LogP contribution is 2.26. The summed E-state index contributed by atoms with van der Waals surface area (Å²) in [4.78, 5) is 0. The highest BCUT2D eigenvalue weighted by atomic mass is 16.5. The minimum Gasteiger partial charge on any atom is -0.496 e. The van der Waals surface area contributed by atoms with Gasteiger partial charge in [-0.25, -0.2) is 0 Å². The first-order valence-electron chi connectivity index (χ1n) is 5.71. The van der Waals surface area contributed by atoms with Crippen LogP contribution in [0.15, 0.2) is 24.3 Å². The lowest BCUT2D eigenvalue weighted by Gasteiger charge is -2.19. The number of ether oxygens (including phenoxy) is 2. The molecule has 16 heavy (non-hydrogen) atoms. The number of methoxy groups -OCH3 is 1. The van der Waals surface area contributed by atoms with Crippen molar-refractivity contribution in [3.05, 3.63) is 29.8 Å². The van der Waals surface area contributed by atoms with Crippen LogP contribution in [0.25, 0.3) is 0 Å². The normalized spacial score (nSPS) is 12.4. The Morgan fingerprint density at radius 3 is 2.69 bits per heavy atom. The molecule has 0 saturated heterocycles. The van der Waals surface area contributed by atoms with Gasteiger partial charge in [0.25, 0.3) is 0 Å². The van der Waals surface area contributed by atoms with Crippen LogP contribution in [0.5, 0.6) is 5.75 Å². The van der Waals surface area contributed by atoms with Gasteiger partial charge in [0.2, 0.25) is 0 Å². The van der Waals surface area contributed by atoms with Gasteiger partial charge in [-0.2, -0.15) is 0 Å². The molecule has 0 radical (unpaired) electrons. The number of hydrogen-bond acceptors (Lipinski definition) is 3. The molecule has 1 aromatic carbocycles. The number of para-hydroxylation sites is 1. The van der Waals surface area contributed by atoms with Gasteiger partial charge in [-0.1, -0.05) is 18.2 Å². The summed E-state index contributed by atoms with van der Waals surface area (Å²) in [6.45, 7) is 3.54. The first-order valence-corrected chi connectivity index (χ1v) is 5.71. The maximum absolute atomic E-state index is 5.38. The van der Waals surface area contributed by atoms with E-state index >= 15 is 0 Å². The molecule has 0 fully saturated rings. The molecule has 0 spiro atoms. The Morgan fingerprint density at radius 1 is 1.31 bits per heavy atom. The third kappa shape index (κ3) is 3.51. The number of nitrogens with one attached hydrogen (secondary N) is 1. The highest BCUT2D eigenvalue weighted by Gasteiger charge is 2.13. The Morgan fingerprint density at radius 2 is 2.06 bits per heavy atom. The van der Waals surface area contributed by atoms with E-state index in [0.29, 0.717) is 0 Å². The van der Waals surface area contributed by atoms with Gasteiger partial charge in [0, 0.05) is 24.8 Å². The van der Waals surface area contributed by atoms with Gasteiger partial charge in [0.1, 0.15) is 5.75 Å². The van der Waals surface area contributed by atoms with Gasteiger partial charge in [0.15, 0.2) is 0 Å². The summed E-state index contributed by atoms with van der Waals surface area (Å²) in [6.07, 6.45) is 0.949. The van der Waals surface area contributed by atoms with E-state index in [4.69, 9.17) is 9.47 Å². The van der Waals surface area contributed by atoms with Gasteiger partial charge in [0.05, 0.1) is 7.11 Å². The van der Waals surface area contributed by atoms with Crippen LogP contribution >= 0.6 is 0 Å². The Hall–Kier alpha value is -1.06. The highest BCUT2D eigenvalue weighted by molar-refractivity contribution is 5.35. The smallest absolute Gasteiger partial charge is 0.123 e. The van der Waals surface area contributed by atoms with Crippen molar-refractivity contribution < 1.29 is 9.47 Å². The predicted octanol–water partition coefficient (Wildman–Crippen LogP) is 2.38. The molecule has 3 nitrogen and oxygen atoms in total. The van der Waals surface area contributed by atoms with E-state index in [1.54, 1.807) is 7.11 Å². The Labute approximate surface area is 97.8 Å². The maximum atomic E-state index is 5.38. The molecule has 0 heterocycles. The second-order valence-corrected chi connectivity index (χ2v) is 3.57. The van der Waals surface area contributed by atoms with Crippen LogP contribution in [0.1, 0.15) is 24.9 Å². The Balaban J connectivity index is 2.69. The molecule has 1 aromatic rings. The fourth-order valence-electron chi connectivity index (χ4n) is 1.76. The summed E-state index contributed by atoms with van der Waals surface area (Å²) in [7, 11) is 3.66. The van der Waals surface area contributed by atoms with Gasteiger partial charge in [-0.05, 0) is 26.5 Å². The maximum Gasteiger partial charge on any atom is 0.123 e. The molecule has 0 aliphatic heterocycles. The standard InChI is InChI=1S/C13H21NO2/c1-4-16-10-9-12(14-2)11-7-5-6-8-13(11)15-3/h5-8,12,14H,4,9-10H2,1-3H3. The molecule has 1 N–H and O–H groups in total. The Kier molecular flexibility index (Phi) is 5.90. The zero-order valence-electron chi connectivity index (χ0n) is 10.3. The SMILES string of the molecule is CCOCCC(NC)c1ccccc1OC. The molecule has 1 atom stereocenters. The largest absolute Gasteiger partial charge is 0.496 e. The van der Waals surface area contributed by atoms with E-state index in [9.17, 15) is 0 Å². The molecule has 0 aliphatic carbocycles. The summed E-state index contributed by atoms with van der Waals surface area (Å²) >= 11 is 0. The van der Waals surface area contributed by atoms with Crippen molar-refractivity contribution in [1.29, 1.82) is 0 Å². The van der Waals surface area contributed by atoms with E-state index in [2.05, 4.69) is 11.4 Å². The molecule has 1 rings (SSSR count). The molecule has 0 saturated carbocycles. The van der Waals surface area contributed by atoms with Gasteiger partial charge in [-0.3, -0.25) is 0 Å². The lowest BCUT2D eigenvalue weighted by atomic mass is 10.0. The fourth-order valence-corrected chi connectivity index (χ4v) is 1.76. The molecular weight excluding hydrogens is 202 g/mol. The number of benzene rings is 1. The third-order valence-electron chi connectivity index (χ3n) is 2.62. The topological polar surface area (TPSA) is 30.5 Å². The summed E-state index contributed by atoms with van der Waals surface area (Å²) in [6, 6.07) is 8.37. The van der Waals surface area contributed by atoms with Gasteiger partial charge >= 0.3 is 0 Å². The monoisotopic (exact) mass is 223 g/mol. The van der Waals surface area contributed by atoms with Gasteiger partial charge in [-0.15, -0.1) is 0 Å². The first-order chi connectivity index (χ1) is 7.83. The second kappa shape index (κ2) is 7.25. The van der Waals surface area contributed by atoms with Crippen molar-refractivity contribution >= 4 is 0 Å². The molecule has 0 amide bonds. The van der Waals surface area contributed by atoms with Crippen LogP contribution in [0, 0.1) is 0 Å². The van der Waals surface area contributed by atoms with Crippen LogP contribution in [0.3, 0.4) is 0 Å². The van der Waals surface area contributed by atoms with Crippen molar-refractivity contribution in [1.82, 2.24) is 5.32 Å². The minimum absolute atomic E-state index is 0.280. The molecule has 3 heteroatoms. The van der Waals surface area contributed by atoms with E-state index in [1.807, 2.05) is 32.2 Å². The van der Waals surface area contributed by atoms with Crippen LogP contribution < -0.4 is 10.1 Å². The lowest BCUT2D eigenvalue weighted by Crippen LogP contribution is -2.19. The zero-order chi connectivity index (χ0) is 11.8. The van der Waals surface area contributed by atoms with Crippen molar-refractivity contribution in [3.63, 3.8) is 0 Å². The van der Waals surface area contributed by atoms with E-state index in [0.717, 1.165) is 25.4 Å². The first kappa shape index (κ1) is 13.0. The van der Waals surface area contributed by atoms with Crippen LogP contribution in [0.4, 0.5) is 0 Å². The average Bonchev–Trinajstić information content (AvgIpc) is 2.35. The van der Waals surface area contributed by atoms with E-state index < -0.39 is 0 Å². The molecule has 0 aliphatic rings. The van der Waals surface area contributed by atoms with E-state index in [1.165, 1.54) is 5.56 Å². The van der Waals surface area contributed by atoms with Crippen LogP contribution in [-0.2, 0) is 4.74 Å². The summed E-state index contributed by atoms with van der Waals surface area (Å²) in [5.41, 5.74) is 1.19. The summed E-state index contributed by atoms with van der Waals surface area (Å²) < 4.78 is 10.7. The van der Waals surface area contributed by atoms with Crippen LogP contribution in [0.2, 0.25) is 0 Å². The van der Waals surface area contributed by atoms with Crippen molar-refractivity contribution in [2.75, 3.05) is 27.4 Å². The predicted molar refractivity (Wildman–Crippen MR) is 65.9 cm³/mol. The minimum atomic E-state index is 0.280. The quantitative estimate of drug-likeness (QED) is 0.720. The number of hydrogen-bond donors (Lipinski definition) is 1. The second-order valence-electron chi connectivity index (χ2n) is 3.57. The molecule has 1 unspecified atom stereocenters. The van der Waals surface area contributed by atoms with Gasteiger partial charge < -0.3 is 14.8 Å². The van der Waals surface area contributed by atoms with Crippen molar-refractivity contribution in [2.45, 2.75) is 19.4 Å². The van der Waals surface area contributed by atoms with Crippen molar-refractivity contribution in [2.24, 2.45) is 0 Å². The van der Waals surface area contributed by atoms with Crippen molar-refractivity contribution in [3.8, 4) is 5.75 Å². The zero-order valence-corrected chi connectivity index (χ0v) is 10.3. The lowest BCUT2D eigenvalue weighted by molar-refractivity contribution is 0.137. The molecular formula is C13H21NO2. The summed E-state index contributed by atoms with van der Waals surface area (Å²) in [5.74, 6) is 0.929. The summed E-state index contributed by atoms with van der Waals surface area (Å²) in [5, 5.41) is 3.29. The van der Waals surface area contributed by atoms with E-state index in [-0.39, 0.29) is 6.04 Å². The number of rotatable bonds is 7. The molecule has 0 bridgehead atoms. The molecule has 90 valence electrons. The Bertz CT molecular complexity index is 302.